The number of halogens is 2. The van der Waals surface area contributed by atoms with E-state index in [9.17, 15) is 14.5 Å². The van der Waals surface area contributed by atoms with E-state index >= 15 is 0 Å². The monoisotopic (exact) mass is 347 g/mol. The number of hydrogen-bond donors (Lipinski definition) is 0. The van der Waals surface area contributed by atoms with Crippen LogP contribution in [0.3, 0.4) is 0 Å². The average molecular weight is 348 g/mol. The van der Waals surface area contributed by atoms with Crippen LogP contribution in [0.1, 0.15) is 19.8 Å². The molecule has 0 aromatic heterocycles. The molecule has 0 heterocycles. The maximum Gasteiger partial charge on any atom is 0.313 e. The van der Waals surface area contributed by atoms with E-state index in [1.54, 1.807) is 0 Å². The molecule has 1 saturated carbocycles. The molecule has 1 aliphatic carbocycles. The predicted molar refractivity (Wildman–Crippen MR) is 74.8 cm³/mol. The molecule has 1 aliphatic rings. The fourth-order valence-electron chi connectivity index (χ4n) is 2.00. The molecule has 3 unspecified atom stereocenters. The highest BCUT2D eigenvalue weighted by atomic mass is 79.9. The molecule has 110 valence electrons. The van der Waals surface area contributed by atoms with Crippen molar-refractivity contribution in [1.82, 2.24) is 0 Å². The van der Waals surface area contributed by atoms with Gasteiger partial charge in [0.2, 0.25) is 0 Å². The Bertz CT molecular complexity index is 499. The van der Waals surface area contributed by atoms with Gasteiger partial charge in [-0.3, -0.25) is 10.1 Å². The van der Waals surface area contributed by atoms with Gasteiger partial charge in [-0.1, -0.05) is 22.9 Å². The van der Waals surface area contributed by atoms with Crippen molar-refractivity contribution < 1.29 is 18.8 Å². The first-order valence-corrected chi connectivity index (χ1v) is 7.30. The molecular formula is C13H15BrFNO4. The summed E-state index contributed by atoms with van der Waals surface area (Å²) in [6, 6.07) is 3.29. The van der Waals surface area contributed by atoms with Gasteiger partial charge >= 0.3 is 5.69 Å². The zero-order valence-corrected chi connectivity index (χ0v) is 12.5. The van der Waals surface area contributed by atoms with Crippen molar-refractivity contribution in [2.75, 3.05) is 6.61 Å². The molecule has 0 saturated heterocycles. The van der Waals surface area contributed by atoms with Crippen LogP contribution >= 0.6 is 15.9 Å². The minimum atomic E-state index is -0.658. The van der Waals surface area contributed by atoms with E-state index in [0.29, 0.717) is 13.0 Å². The quantitative estimate of drug-likeness (QED) is 0.449. The van der Waals surface area contributed by atoms with Crippen molar-refractivity contribution in [3.05, 3.63) is 34.1 Å². The van der Waals surface area contributed by atoms with E-state index in [0.717, 1.165) is 18.6 Å². The first-order valence-electron chi connectivity index (χ1n) is 6.39. The lowest BCUT2D eigenvalue weighted by Gasteiger charge is -2.40. The highest BCUT2D eigenvalue weighted by Crippen LogP contribution is 2.37. The molecule has 1 aromatic carbocycles. The molecular weight excluding hydrogens is 333 g/mol. The number of nitro benzene ring substituents is 1. The highest BCUT2D eigenvalue weighted by Gasteiger charge is 2.43. The van der Waals surface area contributed by atoms with Gasteiger partial charge in [0.15, 0.2) is 5.75 Å². The van der Waals surface area contributed by atoms with Gasteiger partial charge in [0, 0.05) is 17.9 Å². The molecule has 7 heteroatoms. The molecule has 1 aromatic rings. The summed E-state index contributed by atoms with van der Waals surface area (Å²) in [6.07, 6.45) is 1.19. The van der Waals surface area contributed by atoms with E-state index in [2.05, 4.69) is 15.9 Å². The van der Waals surface area contributed by atoms with Crippen LogP contribution in [0, 0.1) is 15.9 Å². The van der Waals surface area contributed by atoms with Crippen molar-refractivity contribution in [2.45, 2.75) is 36.8 Å². The predicted octanol–water partition coefficient (Wildman–Crippen LogP) is 3.44. The van der Waals surface area contributed by atoms with E-state index in [-0.39, 0.29) is 28.5 Å². The van der Waals surface area contributed by atoms with Crippen molar-refractivity contribution >= 4 is 21.6 Å². The largest absolute Gasteiger partial charge is 0.481 e. The second-order valence-corrected chi connectivity index (χ2v) is 5.79. The molecule has 0 aliphatic heterocycles. The van der Waals surface area contributed by atoms with Gasteiger partial charge in [0.25, 0.3) is 0 Å². The maximum absolute atomic E-state index is 13.1. The third-order valence-corrected chi connectivity index (χ3v) is 3.99. The fraction of sp³-hybridized carbons (Fsp3) is 0.538. The molecule has 0 bridgehead atoms. The number of alkyl halides is 1. The van der Waals surface area contributed by atoms with Crippen LogP contribution < -0.4 is 4.74 Å². The Morgan fingerprint density at radius 1 is 1.55 bits per heavy atom. The minimum Gasteiger partial charge on any atom is -0.481 e. The van der Waals surface area contributed by atoms with Crippen LogP contribution in [0.25, 0.3) is 0 Å². The Labute approximate surface area is 124 Å². The number of ether oxygens (including phenoxy) is 2. The van der Waals surface area contributed by atoms with E-state index in [4.69, 9.17) is 9.47 Å². The van der Waals surface area contributed by atoms with Gasteiger partial charge in [0.1, 0.15) is 18.0 Å². The number of nitrogens with zero attached hydrogens (tertiary/aromatic N) is 1. The van der Waals surface area contributed by atoms with Crippen LogP contribution in [0.2, 0.25) is 0 Å². The SMILES string of the molecule is CCCOC1C(Br)CC1Oc1ccc(F)cc1[N+](=O)[O-]. The Kier molecular flexibility index (Phi) is 4.93. The summed E-state index contributed by atoms with van der Waals surface area (Å²) in [5.74, 6) is -0.583. The molecule has 2 rings (SSSR count). The van der Waals surface area contributed by atoms with E-state index < -0.39 is 10.7 Å². The summed E-state index contributed by atoms with van der Waals surface area (Å²) in [7, 11) is 0. The first-order chi connectivity index (χ1) is 9.52. The molecule has 20 heavy (non-hydrogen) atoms. The lowest BCUT2D eigenvalue weighted by molar-refractivity contribution is -0.386. The normalized spacial score (nSPS) is 25.1. The summed E-state index contributed by atoms with van der Waals surface area (Å²) in [5, 5.41) is 10.9. The van der Waals surface area contributed by atoms with Crippen molar-refractivity contribution in [3.8, 4) is 5.75 Å². The summed E-state index contributed by atoms with van der Waals surface area (Å²) < 4.78 is 24.3. The second kappa shape index (κ2) is 6.49. The third-order valence-electron chi connectivity index (χ3n) is 3.09. The van der Waals surface area contributed by atoms with Gasteiger partial charge in [-0.05, 0) is 18.6 Å². The number of rotatable bonds is 6. The zero-order valence-electron chi connectivity index (χ0n) is 10.9. The number of benzene rings is 1. The van der Waals surface area contributed by atoms with Crippen LogP contribution in [-0.4, -0.2) is 28.6 Å². The first kappa shape index (κ1) is 15.2. The van der Waals surface area contributed by atoms with E-state index in [1.165, 1.54) is 6.07 Å². The Hall–Kier alpha value is -1.21. The van der Waals surface area contributed by atoms with Crippen LogP contribution in [0.4, 0.5) is 10.1 Å². The van der Waals surface area contributed by atoms with Gasteiger partial charge < -0.3 is 9.47 Å². The molecule has 3 atom stereocenters. The Balaban J connectivity index is 2.08. The van der Waals surface area contributed by atoms with Crippen molar-refractivity contribution in [2.24, 2.45) is 0 Å². The molecule has 5 nitrogen and oxygen atoms in total. The van der Waals surface area contributed by atoms with E-state index in [1.807, 2.05) is 6.92 Å². The summed E-state index contributed by atoms with van der Waals surface area (Å²) >= 11 is 3.47. The molecule has 0 amide bonds. The minimum absolute atomic E-state index is 0.0749. The smallest absolute Gasteiger partial charge is 0.313 e. The molecule has 0 spiro atoms. The molecule has 1 fully saturated rings. The van der Waals surface area contributed by atoms with Crippen LogP contribution in [-0.2, 0) is 4.74 Å². The number of nitro groups is 1. The van der Waals surface area contributed by atoms with Crippen molar-refractivity contribution in [3.63, 3.8) is 0 Å². The topological polar surface area (TPSA) is 61.6 Å². The highest BCUT2D eigenvalue weighted by molar-refractivity contribution is 9.09. The summed E-state index contributed by atoms with van der Waals surface area (Å²) in [4.78, 5) is 10.4. The van der Waals surface area contributed by atoms with Gasteiger partial charge in [-0.2, -0.15) is 0 Å². The number of hydrogen-bond acceptors (Lipinski definition) is 4. The van der Waals surface area contributed by atoms with Crippen LogP contribution in [0.5, 0.6) is 5.75 Å². The summed E-state index contributed by atoms with van der Waals surface area (Å²) in [5.41, 5.74) is -0.364. The van der Waals surface area contributed by atoms with Gasteiger partial charge in [-0.25, -0.2) is 4.39 Å². The molecule has 0 N–H and O–H groups in total. The standard InChI is InChI=1S/C13H15BrFNO4/c1-2-5-19-13-9(14)7-12(13)20-11-4-3-8(15)6-10(11)16(17)18/h3-4,6,9,12-13H,2,5,7H2,1H3. The Morgan fingerprint density at radius 2 is 2.30 bits per heavy atom. The average Bonchev–Trinajstić information content (AvgIpc) is 2.40. The lowest BCUT2D eigenvalue weighted by Crippen LogP contribution is -2.52. The van der Waals surface area contributed by atoms with Crippen LogP contribution in [0.15, 0.2) is 18.2 Å². The van der Waals surface area contributed by atoms with Gasteiger partial charge in [-0.15, -0.1) is 0 Å². The zero-order chi connectivity index (χ0) is 14.7. The lowest BCUT2D eigenvalue weighted by atomic mass is 9.91. The fourth-order valence-corrected chi connectivity index (χ4v) is 2.87. The summed E-state index contributed by atoms with van der Waals surface area (Å²) in [6.45, 7) is 2.61. The molecule has 0 radical (unpaired) electrons. The van der Waals surface area contributed by atoms with Crippen molar-refractivity contribution in [1.29, 1.82) is 0 Å². The maximum atomic E-state index is 13.1. The Morgan fingerprint density at radius 3 is 2.90 bits per heavy atom. The third kappa shape index (κ3) is 3.27. The second-order valence-electron chi connectivity index (χ2n) is 4.61. The van der Waals surface area contributed by atoms with Gasteiger partial charge in [0.05, 0.1) is 11.0 Å².